The molecule has 3 N–H and O–H groups in total. The number of amides is 1. The molecule has 0 aliphatic rings. The maximum atomic E-state index is 11.7. The lowest BCUT2D eigenvalue weighted by atomic mass is 9.93. The molecule has 2 aromatic rings. The van der Waals surface area contributed by atoms with Gasteiger partial charge >= 0.3 is 0 Å². The van der Waals surface area contributed by atoms with E-state index in [1.165, 1.54) is 11.1 Å². The van der Waals surface area contributed by atoms with E-state index < -0.39 is 0 Å². The number of carbonyl (C=O) groups is 1. The van der Waals surface area contributed by atoms with E-state index in [2.05, 4.69) is 24.4 Å². The molecule has 0 saturated carbocycles. The summed E-state index contributed by atoms with van der Waals surface area (Å²) in [4.78, 5) is 11.7. The molecule has 0 spiro atoms. The van der Waals surface area contributed by atoms with Crippen LogP contribution in [0.4, 0.5) is 5.69 Å². The maximum Gasteiger partial charge on any atom is 0.239 e. The minimum absolute atomic E-state index is 0.265. The first-order valence-corrected chi connectivity index (χ1v) is 7.23. The molecule has 2 atom stereocenters. The van der Waals surface area contributed by atoms with E-state index >= 15 is 0 Å². The average molecular weight is 282 g/mol. The van der Waals surface area contributed by atoms with Crippen molar-refractivity contribution >= 4 is 11.6 Å². The van der Waals surface area contributed by atoms with Gasteiger partial charge in [-0.05, 0) is 37.0 Å². The fraction of sp³-hybridized carbons (Fsp3) is 0.278. The lowest BCUT2D eigenvalue weighted by molar-refractivity contribution is -0.118. The van der Waals surface area contributed by atoms with E-state index in [0.29, 0.717) is 6.42 Å². The number of hydrogen-bond donors (Lipinski definition) is 2. The lowest BCUT2D eigenvalue weighted by Crippen LogP contribution is -2.36. The van der Waals surface area contributed by atoms with Crippen molar-refractivity contribution in [1.29, 1.82) is 0 Å². The number of primary amides is 1. The molecule has 0 heterocycles. The second-order valence-electron chi connectivity index (χ2n) is 5.51. The Morgan fingerprint density at radius 2 is 1.71 bits per heavy atom. The van der Waals surface area contributed by atoms with Crippen molar-refractivity contribution in [3.05, 3.63) is 65.7 Å². The number of rotatable bonds is 6. The van der Waals surface area contributed by atoms with E-state index in [0.717, 1.165) is 5.69 Å². The van der Waals surface area contributed by atoms with Gasteiger partial charge in [0.25, 0.3) is 0 Å². The first-order chi connectivity index (χ1) is 10.1. The van der Waals surface area contributed by atoms with Gasteiger partial charge in [-0.1, -0.05) is 55.0 Å². The summed E-state index contributed by atoms with van der Waals surface area (Å²) in [5, 5.41) is 3.23. The SMILES string of the molecule is Cc1ccc(NC(CC(C)c2ccccc2)C(N)=O)cc1. The first-order valence-electron chi connectivity index (χ1n) is 7.23. The first kappa shape index (κ1) is 15.1. The third-order valence-electron chi connectivity index (χ3n) is 3.69. The van der Waals surface area contributed by atoms with E-state index in [4.69, 9.17) is 5.73 Å². The van der Waals surface area contributed by atoms with Gasteiger partial charge in [-0.2, -0.15) is 0 Å². The minimum Gasteiger partial charge on any atom is -0.374 e. The molecule has 0 aliphatic heterocycles. The zero-order chi connectivity index (χ0) is 15.2. The van der Waals surface area contributed by atoms with E-state index in [-0.39, 0.29) is 17.9 Å². The van der Waals surface area contributed by atoms with Gasteiger partial charge in [0.05, 0.1) is 0 Å². The van der Waals surface area contributed by atoms with Crippen LogP contribution < -0.4 is 11.1 Å². The number of nitrogens with one attached hydrogen (secondary N) is 1. The number of carbonyl (C=O) groups excluding carboxylic acids is 1. The number of anilines is 1. The molecule has 21 heavy (non-hydrogen) atoms. The Hall–Kier alpha value is -2.29. The van der Waals surface area contributed by atoms with Crippen molar-refractivity contribution in [2.45, 2.75) is 32.2 Å². The van der Waals surface area contributed by atoms with Crippen LogP contribution in [0.3, 0.4) is 0 Å². The van der Waals surface area contributed by atoms with Gasteiger partial charge < -0.3 is 11.1 Å². The van der Waals surface area contributed by atoms with Crippen molar-refractivity contribution in [3.63, 3.8) is 0 Å². The highest BCUT2D eigenvalue weighted by molar-refractivity contribution is 5.83. The monoisotopic (exact) mass is 282 g/mol. The molecule has 2 aromatic carbocycles. The highest BCUT2D eigenvalue weighted by atomic mass is 16.1. The van der Waals surface area contributed by atoms with Crippen molar-refractivity contribution in [2.75, 3.05) is 5.32 Å². The van der Waals surface area contributed by atoms with Crippen LogP contribution in [0.2, 0.25) is 0 Å². The smallest absolute Gasteiger partial charge is 0.239 e. The molecule has 2 rings (SSSR count). The van der Waals surface area contributed by atoms with Gasteiger partial charge in [0.1, 0.15) is 6.04 Å². The third-order valence-corrected chi connectivity index (χ3v) is 3.69. The second kappa shape index (κ2) is 6.93. The van der Waals surface area contributed by atoms with Crippen LogP contribution >= 0.6 is 0 Å². The second-order valence-corrected chi connectivity index (χ2v) is 5.51. The molecule has 0 aliphatic carbocycles. The Labute approximate surface area is 126 Å². The van der Waals surface area contributed by atoms with Crippen molar-refractivity contribution in [3.8, 4) is 0 Å². The van der Waals surface area contributed by atoms with Crippen molar-refractivity contribution in [2.24, 2.45) is 5.73 Å². The standard InChI is InChI=1S/C18H22N2O/c1-13-8-10-16(11-9-13)20-17(18(19)21)12-14(2)15-6-4-3-5-7-15/h3-11,14,17,20H,12H2,1-2H3,(H2,19,21). The number of hydrogen-bond acceptors (Lipinski definition) is 2. The van der Waals surface area contributed by atoms with Crippen LogP contribution in [0.1, 0.15) is 30.4 Å². The summed E-state index contributed by atoms with van der Waals surface area (Å²) in [6, 6.07) is 17.8. The molecule has 0 saturated heterocycles. The van der Waals surface area contributed by atoms with Crippen LogP contribution in [-0.4, -0.2) is 11.9 Å². The highest BCUT2D eigenvalue weighted by Gasteiger charge is 2.19. The molecule has 0 aromatic heterocycles. The van der Waals surface area contributed by atoms with Gasteiger partial charge in [-0.3, -0.25) is 4.79 Å². The minimum atomic E-state index is -0.372. The summed E-state index contributed by atoms with van der Waals surface area (Å²) < 4.78 is 0. The topological polar surface area (TPSA) is 55.1 Å². The molecule has 0 fully saturated rings. The summed E-state index contributed by atoms with van der Waals surface area (Å²) >= 11 is 0. The van der Waals surface area contributed by atoms with Crippen LogP contribution in [0.5, 0.6) is 0 Å². The zero-order valence-electron chi connectivity index (χ0n) is 12.5. The summed E-state index contributed by atoms with van der Waals surface area (Å²) in [7, 11) is 0. The van der Waals surface area contributed by atoms with Crippen LogP contribution in [0, 0.1) is 6.92 Å². The molecular weight excluding hydrogens is 260 g/mol. The van der Waals surface area contributed by atoms with Gasteiger partial charge in [-0.15, -0.1) is 0 Å². The molecule has 3 heteroatoms. The summed E-state index contributed by atoms with van der Waals surface area (Å²) in [5.41, 5.74) is 8.87. The summed E-state index contributed by atoms with van der Waals surface area (Å²) in [6.07, 6.45) is 0.674. The van der Waals surface area contributed by atoms with Crippen molar-refractivity contribution < 1.29 is 4.79 Å². The Bertz CT molecular complexity index is 578. The van der Waals surface area contributed by atoms with Gasteiger partial charge in [0.15, 0.2) is 0 Å². The predicted molar refractivity (Wildman–Crippen MR) is 87.3 cm³/mol. The Morgan fingerprint density at radius 1 is 1.10 bits per heavy atom. The van der Waals surface area contributed by atoms with Gasteiger partial charge in [0, 0.05) is 5.69 Å². The molecule has 2 unspecified atom stereocenters. The van der Waals surface area contributed by atoms with Gasteiger partial charge in [0.2, 0.25) is 5.91 Å². The molecule has 0 radical (unpaired) electrons. The lowest BCUT2D eigenvalue weighted by Gasteiger charge is -2.21. The van der Waals surface area contributed by atoms with Crippen LogP contribution in [-0.2, 0) is 4.79 Å². The molecule has 1 amide bonds. The van der Waals surface area contributed by atoms with E-state index in [1.54, 1.807) is 0 Å². The zero-order valence-corrected chi connectivity index (χ0v) is 12.5. The van der Waals surface area contributed by atoms with E-state index in [9.17, 15) is 4.79 Å². The van der Waals surface area contributed by atoms with Crippen LogP contribution in [0.15, 0.2) is 54.6 Å². The van der Waals surface area contributed by atoms with Crippen molar-refractivity contribution in [1.82, 2.24) is 0 Å². The fourth-order valence-electron chi connectivity index (χ4n) is 2.37. The third kappa shape index (κ3) is 4.35. The average Bonchev–Trinajstić information content (AvgIpc) is 2.49. The molecule has 110 valence electrons. The number of aryl methyl sites for hydroxylation is 1. The Balaban J connectivity index is 2.05. The molecule has 3 nitrogen and oxygen atoms in total. The predicted octanol–water partition coefficient (Wildman–Crippen LogP) is 3.45. The summed E-state index contributed by atoms with van der Waals surface area (Å²) in [6.45, 7) is 4.15. The summed E-state index contributed by atoms with van der Waals surface area (Å²) in [5.74, 6) is -0.0556. The number of nitrogens with two attached hydrogens (primary N) is 1. The van der Waals surface area contributed by atoms with E-state index in [1.807, 2.05) is 49.4 Å². The Kier molecular flexibility index (Phi) is 4.99. The quantitative estimate of drug-likeness (QED) is 0.852. The number of benzene rings is 2. The molecular formula is C18H22N2O. The highest BCUT2D eigenvalue weighted by Crippen LogP contribution is 2.22. The maximum absolute atomic E-state index is 11.7. The normalized spacial score (nSPS) is 13.4. The van der Waals surface area contributed by atoms with Crippen LogP contribution in [0.25, 0.3) is 0 Å². The largest absolute Gasteiger partial charge is 0.374 e. The van der Waals surface area contributed by atoms with Gasteiger partial charge in [-0.25, -0.2) is 0 Å². The molecule has 0 bridgehead atoms. The Morgan fingerprint density at radius 3 is 2.29 bits per heavy atom. The fourth-order valence-corrected chi connectivity index (χ4v) is 2.37.